The molecule has 40 heavy (non-hydrogen) atoms. The molecule has 0 heterocycles. The van der Waals surface area contributed by atoms with E-state index in [4.69, 9.17) is 27.9 Å². The smallest absolute Gasteiger partial charge is 0.264 e. The summed E-state index contributed by atoms with van der Waals surface area (Å²) >= 11 is 12.5. The fourth-order valence-corrected chi connectivity index (χ4v) is 5.85. The van der Waals surface area contributed by atoms with E-state index in [0.717, 1.165) is 4.31 Å². The van der Waals surface area contributed by atoms with Crippen LogP contribution in [0.25, 0.3) is 0 Å². The van der Waals surface area contributed by atoms with Crippen LogP contribution >= 0.6 is 23.2 Å². The van der Waals surface area contributed by atoms with Crippen LogP contribution in [0.15, 0.2) is 77.7 Å². The van der Waals surface area contributed by atoms with Gasteiger partial charge in [0.15, 0.2) is 0 Å². The van der Waals surface area contributed by atoms with Gasteiger partial charge in [0, 0.05) is 22.6 Å². The molecule has 0 spiro atoms. The normalized spacial score (nSPS) is 12.1. The van der Waals surface area contributed by atoms with Crippen molar-refractivity contribution in [2.75, 3.05) is 17.5 Å². The van der Waals surface area contributed by atoms with Crippen LogP contribution in [-0.4, -0.2) is 50.4 Å². The average molecular weight is 607 g/mol. The Morgan fingerprint density at radius 3 is 2.17 bits per heavy atom. The minimum absolute atomic E-state index is 0.0228. The van der Waals surface area contributed by atoms with Crippen LogP contribution in [0.3, 0.4) is 0 Å². The van der Waals surface area contributed by atoms with Crippen LogP contribution in [0.1, 0.15) is 33.3 Å². The van der Waals surface area contributed by atoms with Crippen LogP contribution < -0.4 is 14.4 Å². The standard InChI is InChI=1S/C29H33Cl2N3O5S/c1-5-39-25-15-13-24(14-16-25)34(40(37,38)26-9-7-6-8-10-26)19-28(35)33(21(4)29(36)32-20(2)3)18-22-11-12-23(30)17-27(22)31/h6-17,20-21H,5,18-19H2,1-4H3,(H,32,36)/t21-/m0/s1. The lowest BCUT2D eigenvalue weighted by atomic mass is 10.1. The quantitative estimate of drug-likeness (QED) is 0.293. The zero-order valence-electron chi connectivity index (χ0n) is 22.8. The maximum atomic E-state index is 13.9. The van der Waals surface area contributed by atoms with Gasteiger partial charge in [-0.3, -0.25) is 13.9 Å². The topological polar surface area (TPSA) is 96.0 Å². The Labute approximate surface area is 245 Å². The van der Waals surface area contributed by atoms with Crippen molar-refractivity contribution in [3.05, 3.63) is 88.4 Å². The predicted molar refractivity (Wildman–Crippen MR) is 158 cm³/mol. The second-order valence-corrected chi connectivity index (χ2v) is 12.1. The van der Waals surface area contributed by atoms with Gasteiger partial charge in [-0.2, -0.15) is 0 Å². The molecule has 3 rings (SSSR count). The third-order valence-corrected chi connectivity index (χ3v) is 8.37. The molecule has 0 unspecified atom stereocenters. The molecular weight excluding hydrogens is 573 g/mol. The molecule has 3 aromatic rings. The zero-order valence-corrected chi connectivity index (χ0v) is 25.1. The van der Waals surface area contributed by atoms with Crippen molar-refractivity contribution in [1.82, 2.24) is 10.2 Å². The second-order valence-electron chi connectivity index (χ2n) is 9.35. The summed E-state index contributed by atoms with van der Waals surface area (Å²) in [6.45, 7) is 6.91. The van der Waals surface area contributed by atoms with Gasteiger partial charge in [0.25, 0.3) is 10.0 Å². The number of benzene rings is 3. The van der Waals surface area contributed by atoms with Crippen LogP contribution in [0.2, 0.25) is 10.0 Å². The van der Waals surface area contributed by atoms with Gasteiger partial charge in [-0.15, -0.1) is 0 Å². The predicted octanol–water partition coefficient (Wildman–Crippen LogP) is 5.53. The summed E-state index contributed by atoms with van der Waals surface area (Å²) in [6.07, 6.45) is 0. The number of carbonyl (C=O) groups excluding carboxylic acids is 2. The van der Waals surface area contributed by atoms with Gasteiger partial charge >= 0.3 is 0 Å². The minimum atomic E-state index is -4.16. The number of amides is 2. The highest BCUT2D eigenvalue weighted by atomic mass is 35.5. The fraction of sp³-hybridized carbons (Fsp3) is 0.310. The molecule has 0 aliphatic heterocycles. The lowest BCUT2D eigenvalue weighted by Gasteiger charge is -2.32. The molecule has 11 heteroatoms. The first-order valence-corrected chi connectivity index (χ1v) is 15.0. The Morgan fingerprint density at radius 2 is 1.60 bits per heavy atom. The van der Waals surface area contributed by atoms with Gasteiger partial charge in [0.1, 0.15) is 18.3 Å². The summed E-state index contributed by atoms with van der Waals surface area (Å²) in [5.41, 5.74) is 0.826. The van der Waals surface area contributed by atoms with E-state index in [1.165, 1.54) is 17.0 Å². The maximum Gasteiger partial charge on any atom is 0.264 e. The molecule has 1 atom stereocenters. The summed E-state index contributed by atoms with van der Waals surface area (Å²) < 4.78 is 34.1. The summed E-state index contributed by atoms with van der Waals surface area (Å²) in [5.74, 6) is -0.412. The van der Waals surface area contributed by atoms with Crippen molar-refractivity contribution in [2.45, 2.75) is 51.2 Å². The zero-order chi connectivity index (χ0) is 29.4. The van der Waals surface area contributed by atoms with Crippen molar-refractivity contribution in [3.63, 3.8) is 0 Å². The summed E-state index contributed by atoms with van der Waals surface area (Å²) in [5, 5.41) is 3.56. The molecule has 214 valence electrons. The van der Waals surface area contributed by atoms with Crippen LogP contribution in [0.5, 0.6) is 5.75 Å². The lowest BCUT2D eigenvalue weighted by Crippen LogP contribution is -2.52. The SMILES string of the molecule is CCOc1ccc(N(CC(=O)N(Cc2ccc(Cl)cc2Cl)[C@@H](C)C(=O)NC(C)C)S(=O)(=O)c2ccccc2)cc1. The van der Waals surface area contributed by atoms with Crippen LogP contribution in [0, 0.1) is 0 Å². The van der Waals surface area contributed by atoms with E-state index in [1.807, 2.05) is 20.8 Å². The van der Waals surface area contributed by atoms with E-state index in [-0.39, 0.29) is 29.1 Å². The molecule has 2 amide bonds. The highest BCUT2D eigenvalue weighted by molar-refractivity contribution is 7.92. The number of rotatable bonds is 12. The molecule has 0 radical (unpaired) electrons. The number of nitrogens with one attached hydrogen (secondary N) is 1. The van der Waals surface area contributed by atoms with Gasteiger partial charge in [-0.1, -0.05) is 47.5 Å². The van der Waals surface area contributed by atoms with E-state index in [1.54, 1.807) is 67.6 Å². The molecule has 1 N–H and O–H groups in total. The third-order valence-electron chi connectivity index (χ3n) is 6.00. The van der Waals surface area contributed by atoms with Crippen molar-refractivity contribution >= 4 is 50.7 Å². The molecule has 0 bridgehead atoms. The van der Waals surface area contributed by atoms with Crippen molar-refractivity contribution in [3.8, 4) is 5.75 Å². The summed E-state index contributed by atoms with van der Waals surface area (Å²) in [4.78, 5) is 28.3. The highest BCUT2D eigenvalue weighted by Gasteiger charge is 2.33. The van der Waals surface area contributed by atoms with E-state index in [0.29, 0.717) is 28.0 Å². The Kier molecular flexibility index (Phi) is 10.8. The Balaban J connectivity index is 2.04. The van der Waals surface area contributed by atoms with Gasteiger partial charge in [-0.25, -0.2) is 8.42 Å². The number of carbonyl (C=O) groups is 2. The fourth-order valence-electron chi connectivity index (χ4n) is 3.94. The second kappa shape index (κ2) is 13.9. The lowest BCUT2D eigenvalue weighted by molar-refractivity contribution is -0.139. The molecule has 0 saturated heterocycles. The van der Waals surface area contributed by atoms with Crippen molar-refractivity contribution in [2.24, 2.45) is 0 Å². The highest BCUT2D eigenvalue weighted by Crippen LogP contribution is 2.27. The largest absolute Gasteiger partial charge is 0.494 e. The first kappa shape index (κ1) is 31.3. The third kappa shape index (κ3) is 7.90. The van der Waals surface area contributed by atoms with E-state index in [2.05, 4.69) is 5.32 Å². The number of hydrogen-bond acceptors (Lipinski definition) is 5. The molecule has 0 aliphatic rings. The maximum absolute atomic E-state index is 13.9. The van der Waals surface area contributed by atoms with Gasteiger partial charge < -0.3 is 15.0 Å². The number of anilines is 1. The summed E-state index contributed by atoms with van der Waals surface area (Å²) in [6, 6.07) is 18.0. The number of ether oxygens (including phenoxy) is 1. The first-order valence-electron chi connectivity index (χ1n) is 12.8. The average Bonchev–Trinajstić information content (AvgIpc) is 2.91. The molecule has 3 aromatic carbocycles. The Morgan fingerprint density at radius 1 is 0.950 bits per heavy atom. The van der Waals surface area contributed by atoms with E-state index < -0.39 is 28.5 Å². The monoisotopic (exact) mass is 605 g/mol. The molecule has 0 saturated carbocycles. The van der Waals surface area contributed by atoms with Crippen LogP contribution in [0.4, 0.5) is 5.69 Å². The molecule has 0 aromatic heterocycles. The number of sulfonamides is 1. The molecular formula is C29H33Cl2N3O5S. The van der Waals surface area contributed by atoms with Gasteiger partial charge in [-0.05, 0) is 81.8 Å². The Bertz CT molecular complexity index is 1420. The minimum Gasteiger partial charge on any atom is -0.494 e. The number of halogens is 2. The number of hydrogen-bond donors (Lipinski definition) is 1. The van der Waals surface area contributed by atoms with E-state index in [9.17, 15) is 18.0 Å². The van der Waals surface area contributed by atoms with E-state index >= 15 is 0 Å². The van der Waals surface area contributed by atoms with Gasteiger partial charge in [0.05, 0.1) is 17.2 Å². The first-order chi connectivity index (χ1) is 18.9. The summed E-state index contributed by atoms with van der Waals surface area (Å²) in [7, 11) is -4.16. The van der Waals surface area contributed by atoms with Gasteiger partial charge in [0.2, 0.25) is 11.8 Å². The number of nitrogens with zero attached hydrogens (tertiary/aromatic N) is 2. The molecule has 8 nitrogen and oxygen atoms in total. The Hall–Kier alpha value is -3.27. The van der Waals surface area contributed by atoms with Crippen molar-refractivity contribution < 1.29 is 22.7 Å². The van der Waals surface area contributed by atoms with Crippen molar-refractivity contribution in [1.29, 1.82) is 0 Å². The molecule has 0 fully saturated rings. The molecule has 0 aliphatic carbocycles. The van der Waals surface area contributed by atoms with Crippen LogP contribution in [-0.2, 0) is 26.2 Å².